The van der Waals surface area contributed by atoms with Crippen LogP contribution in [0.25, 0.3) is 11.1 Å². The molecule has 1 heterocycles. The summed E-state index contributed by atoms with van der Waals surface area (Å²) in [6.45, 7) is 1.97. The summed E-state index contributed by atoms with van der Waals surface area (Å²) in [6, 6.07) is 5.85. The Hall–Kier alpha value is -2.30. The minimum atomic E-state index is -0.813. The zero-order valence-corrected chi connectivity index (χ0v) is 10.9. The summed E-state index contributed by atoms with van der Waals surface area (Å²) in [6.07, 6.45) is 2.25. The van der Waals surface area contributed by atoms with E-state index in [9.17, 15) is 4.79 Å². The highest BCUT2D eigenvalue weighted by Crippen LogP contribution is 2.28. The maximum absolute atomic E-state index is 10.6. The van der Waals surface area contributed by atoms with E-state index in [0.717, 1.165) is 28.1 Å². The van der Waals surface area contributed by atoms with Crippen LogP contribution in [0.3, 0.4) is 0 Å². The number of aryl methyl sites for hydroxylation is 2. The monoisotopic (exact) mass is 260 g/mol. The third kappa shape index (κ3) is 2.93. The van der Waals surface area contributed by atoms with Crippen molar-refractivity contribution in [3.05, 3.63) is 35.7 Å². The largest absolute Gasteiger partial charge is 0.496 e. The third-order valence-electron chi connectivity index (χ3n) is 3.01. The number of hydrogen-bond donors (Lipinski definition) is 2. The van der Waals surface area contributed by atoms with E-state index in [1.165, 1.54) is 0 Å². The summed E-state index contributed by atoms with van der Waals surface area (Å²) in [5.74, 6) is 0.0193. The lowest BCUT2D eigenvalue weighted by atomic mass is 10.0. The molecule has 0 unspecified atom stereocenters. The van der Waals surface area contributed by atoms with Gasteiger partial charge in [-0.15, -0.1) is 0 Å². The van der Waals surface area contributed by atoms with E-state index < -0.39 is 5.97 Å². The molecule has 5 heteroatoms. The van der Waals surface area contributed by atoms with E-state index >= 15 is 0 Å². The number of H-pyrrole nitrogens is 1. The Morgan fingerprint density at radius 3 is 2.89 bits per heavy atom. The van der Waals surface area contributed by atoms with Gasteiger partial charge in [0.25, 0.3) is 0 Å². The van der Waals surface area contributed by atoms with Gasteiger partial charge in [-0.25, -0.2) is 0 Å². The predicted octanol–water partition coefficient (Wildman–Crippen LogP) is 2.41. The Labute approximate surface area is 111 Å². The van der Waals surface area contributed by atoms with Crippen LogP contribution in [0.1, 0.15) is 17.7 Å². The molecule has 5 nitrogen and oxygen atoms in total. The van der Waals surface area contributed by atoms with Crippen LogP contribution in [-0.4, -0.2) is 28.4 Å². The number of aliphatic carboxylic acids is 1. The van der Waals surface area contributed by atoms with Gasteiger partial charge < -0.3 is 9.84 Å². The number of aromatic amines is 1. The molecule has 0 bridgehead atoms. The summed E-state index contributed by atoms with van der Waals surface area (Å²) in [7, 11) is 1.64. The maximum Gasteiger partial charge on any atom is 0.303 e. The number of nitrogens with zero attached hydrogens (tertiary/aromatic N) is 1. The van der Waals surface area contributed by atoms with Crippen LogP contribution in [0.2, 0.25) is 0 Å². The summed E-state index contributed by atoms with van der Waals surface area (Å²) in [5.41, 5.74) is 3.82. The number of rotatable bonds is 5. The van der Waals surface area contributed by atoms with Gasteiger partial charge >= 0.3 is 5.97 Å². The summed E-state index contributed by atoms with van der Waals surface area (Å²) in [5, 5.41) is 15.6. The van der Waals surface area contributed by atoms with E-state index in [-0.39, 0.29) is 6.42 Å². The fraction of sp³-hybridized carbons (Fsp3) is 0.286. The number of ether oxygens (including phenoxy) is 1. The zero-order chi connectivity index (χ0) is 13.8. The van der Waals surface area contributed by atoms with Gasteiger partial charge in [0.1, 0.15) is 5.75 Å². The fourth-order valence-electron chi connectivity index (χ4n) is 2.03. The summed E-state index contributed by atoms with van der Waals surface area (Å²) in [4.78, 5) is 10.6. The van der Waals surface area contributed by atoms with Gasteiger partial charge in [-0.2, -0.15) is 5.10 Å². The van der Waals surface area contributed by atoms with E-state index in [4.69, 9.17) is 9.84 Å². The van der Waals surface area contributed by atoms with Crippen molar-refractivity contribution in [1.82, 2.24) is 10.2 Å². The lowest BCUT2D eigenvalue weighted by molar-refractivity contribution is -0.136. The van der Waals surface area contributed by atoms with Crippen molar-refractivity contribution in [1.29, 1.82) is 0 Å². The highest BCUT2D eigenvalue weighted by molar-refractivity contribution is 5.70. The number of aromatic nitrogens is 2. The van der Waals surface area contributed by atoms with Gasteiger partial charge in [-0.3, -0.25) is 9.89 Å². The minimum Gasteiger partial charge on any atom is -0.496 e. The van der Waals surface area contributed by atoms with Crippen LogP contribution in [0.4, 0.5) is 0 Å². The molecule has 2 N–H and O–H groups in total. The van der Waals surface area contributed by atoms with E-state index in [1.54, 1.807) is 13.3 Å². The molecule has 0 radical (unpaired) electrons. The number of carboxylic acid groups (broad SMARTS) is 1. The van der Waals surface area contributed by atoms with Gasteiger partial charge in [0.05, 0.1) is 19.7 Å². The van der Waals surface area contributed by atoms with Crippen molar-refractivity contribution in [2.45, 2.75) is 19.8 Å². The SMILES string of the molecule is COc1ccc(-c2cn[nH]c2CCC(=O)O)cc1C. The molecular weight excluding hydrogens is 244 g/mol. The molecule has 0 aliphatic heterocycles. The first-order chi connectivity index (χ1) is 9.11. The molecule has 0 saturated heterocycles. The number of carbonyl (C=O) groups is 1. The summed E-state index contributed by atoms with van der Waals surface area (Å²) < 4.78 is 5.23. The minimum absolute atomic E-state index is 0.0876. The van der Waals surface area contributed by atoms with Gasteiger partial charge in [0.2, 0.25) is 0 Å². The quantitative estimate of drug-likeness (QED) is 0.865. The molecule has 100 valence electrons. The van der Waals surface area contributed by atoms with Crippen LogP contribution in [0.15, 0.2) is 24.4 Å². The van der Waals surface area contributed by atoms with Crippen molar-refractivity contribution in [3.8, 4) is 16.9 Å². The van der Waals surface area contributed by atoms with Gasteiger partial charge in [-0.1, -0.05) is 6.07 Å². The number of carboxylic acids is 1. The van der Waals surface area contributed by atoms with Gasteiger partial charge in [0, 0.05) is 17.7 Å². The second-order valence-electron chi connectivity index (χ2n) is 4.34. The van der Waals surface area contributed by atoms with Crippen LogP contribution in [-0.2, 0) is 11.2 Å². The molecule has 0 aliphatic carbocycles. The van der Waals surface area contributed by atoms with Gasteiger partial charge in [-0.05, 0) is 30.2 Å². The van der Waals surface area contributed by atoms with E-state index in [1.807, 2.05) is 25.1 Å². The molecule has 1 aromatic heterocycles. The first-order valence-corrected chi connectivity index (χ1v) is 6.01. The van der Waals surface area contributed by atoms with Crippen LogP contribution in [0.5, 0.6) is 5.75 Å². The number of benzene rings is 1. The molecule has 0 amide bonds. The van der Waals surface area contributed by atoms with E-state index in [2.05, 4.69) is 10.2 Å². The zero-order valence-electron chi connectivity index (χ0n) is 10.9. The maximum atomic E-state index is 10.6. The Bertz CT molecular complexity index is 590. The first kappa shape index (κ1) is 13.1. The molecule has 1 aromatic carbocycles. The smallest absolute Gasteiger partial charge is 0.303 e. The lowest BCUT2D eigenvalue weighted by Gasteiger charge is -2.07. The highest BCUT2D eigenvalue weighted by Gasteiger charge is 2.10. The van der Waals surface area contributed by atoms with Crippen molar-refractivity contribution >= 4 is 5.97 Å². The van der Waals surface area contributed by atoms with Crippen LogP contribution in [0, 0.1) is 6.92 Å². The Morgan fingerprint density at radius 1 is 1.47 bits per heavy atom. The molecule has 0 aliphatic rings. The molecule has 2 aromatic rings. The number of methoxy groups -OCH3 is 1. The predicted molar refractivity (Wildman–Crippen MR) is 71.3 cm³/mol. The van der Waals surface area contributed by atoms with Gasteiger partial charge in [0.15, 0.2) is 0 Å². The first-order valence-electron chi connectivity index (χ1n) is 6.01. The molecular formula is C14H16N2O3. The number of hydrogen-bond acceptors (Lipinski definition) is 3. The van der Waals surface area contributed by atoms with Crippen molar-refractivity contribution in [3.63, 3.8) is 0 Å². The van der Waals surface area contributed by atoms with Crippen molar-refractivity contribution in [2.75, 3.05) is 7.11 Å². The molecule has 2 rings (SSSR count). The molecule has 0 atom stereocenters. The van der Waals surface area contributed by atoms with Crippen LogP contribution >= 0.6 is 0 Å². The number of nitrogens with one attached hydrogen (secondary N) is 1. The third-order valence-corrected chi connectivity index (χ3v) is 3.01. The Kier molecular flexibility index (Phi) is 3.85. The topological polar surface area (TPSA) is 75.2 Å². The van der Waals surface area contributed by atoms with Crippen molar-refractivity contribution < 1.29 is 14.6 Å². The highest BCUT2D eigenvalue weighted by atomic mass is 16.5. The van der Waals surface area contributed by atoms with Crippen molar-refractivity contribution in [2.24, 2.45) is 0 Å². The molecule has 0 saturated carbocycles. The standard InChI is InChI=1S/C14H16N2O3/c1-9-7-10(3-5-13(9)19-2)11-8-15-16-12(11)4-6-14(17)18/h3,5,7-8H,4,6H2,1-2H3,(H,15,16)(H,17,18). The summed E-state index contributed by atoms with van der Waals surface area (Å²) >= 11 is 0. The Morgan fingerprint density at radius 2 is 2.26 bits per heavy atom. The van der Waals surface area contributed by atoms with E-state index in [0.29, 0.717) is 6.42 Å². The Balaban J connectivity index is 2.29. The average Bonchev–Trinajstić information content (AvgIpc) is 2.84. The molecule has 0 spiro atoms. The second kappa shape index (κ2) is 5.56. The average molecular weight is 260 g/mol. The lowest BCUT2D eigenvalue weighted by Crippen LogP contribution is -1.99. The normalized spacial score (nSPS) is 10.4. The van der Waals surface area contributed by atoms with Crippen LogP contribution < -0.4 is 4.74 Å². The molecule has 0 fully saturated rings. The fourth-order valence-corrected chi connectivity index (χ4v) is 2.03. The molecule has 19 heavy (non-hydrogen) atoms. The second-order valence-corrected chi connectivity index (χ2v) is 4.34.